The van der Waals surface area contributed by atoms with Gasteiger partial charge in [-0.1, -0.05) is 0 Å². The second-order valence-electron chi connectivity index (χ2n) is 2.51. The number of ether oxygens (including phenoxy) is 2. The van der Waals surface area contributed by atoms with E-state index < -0.39 is 0 Å². The molecule has 0 bridgehead atoms. The molecule has 0 aromatic rings. The predicted molar refractivity (Wildman–Crippen MR) is 39.7 cm³/mol. The van der Waals surface area contributed by atoms with Gasteiger partial charge < -0.3 is 14.6 Å². The summed E-state index contributed by atoms with van der Waals surface area (Å²) in [5, 5.41) is 8.81. The molecular weight excluding hydrogens is 144 g/mol. The Balaban J connectivity index is 2.45. The highest BCUT2D eigenvalue weighted by Gasteiger charge is 2.32. The van der Waals surface area contributed by atoms with E-state index in [-0.39, 0.29) is 25.1 Å². The molecule has 0 saturated carbocycles. The van der Waals surface area contributed by atoms with Gasteiger partial charge in [-0.3, -0.25) is 0 Å². The zero-order valence-corrected chi connectivity index (χ0v) is 6.49. The largest absolute Gasteiger partial charge is 0.394 e. The van der Waals surface area contributed by atoms with Gasteiger partial charge >= 0.3 is 0 Å². The van der Waals surface area contributed by atoms with Crippen LogP contribution in [0.15, 0.2) is 0 Å². The van der Waals surface area contributed by atoms with Gasteiger partial charge in [-0.05, 0) is 6.92 Å². The quantitative estimate of drug-likeness (QED) is 0.578. The van der Waals surface area contributed by atoms with Crippen molar-refractivity contribution in [1.29, 1.82) is 0 Å². The van der Waals surface area contributed by atoms with E-state index in [9.17, 15) is 0 Å². The molecule has 3 atom stereocenters. The van der Waals surface area contributed by atoms with Crippen molar-refractivity contribution < 1.29 is 14.6 Å². The molecule has 1 N–H and O–H groups in total. The SMILES string of the molecule is C#CCC1OC(C)OC1CO. The van der Waals surface area contributed by atoms with Crippen LogP contribution < -0.4 is 0 Å². The molecule has 1 aliphatic rings. The molecule has 0 radical (unpaired) electrons. The van der Waals surface area contributed by atoms with Crippen molar-refractivity contribution in [2.45, 2.75) is 31.8 Å². The first kappa shape index (κ1) is 8.54. The van der Waals surface area contributed by atoms with E-state index in [2.05, 4.69) is 5.92 Å². The van der Waals surface area contributed by atoms with Gasteiger partial charge in [0.15, 0.2) is 6.29 Å². The lowest BCUT2D eigenvalue weighted by Gasteiger charge is -2.10. The molecule has 0 spiro atoms. The van der Waals surface area contributed by atoms with Gasteiger partial charge in [-0.15, -0.1) is 12.3 Å². The van der Waals surface area contributed by atoms with Crippen LogP contribution in [0.2, 0.25) is 0 Å². The summed E-state index contributed by atoms with van der Waals surface area (Å²) in [6.07, 6.45) is 4.97. The highest BCUT2D eigenvalue weighted by Crippen LogP contribution is 2.20. The van der Waals surface area contributed by atoms with Gasteiger partial charge in [-0.2, -0.15) is 0 Å². The fourth-order valence-electron chi connectivity index (χ4n) is 1.16. The molecule has 3 heteroatoms. The summed E-state index contributed by atoms with van der Waals surface area (Å²) < 4.78 is 10.5. The molecule has 1 heterocycles. The number of aliphatic hydroxyl groups excluding tert-OH is 1. The Hall–Kier alpha value is -0.560. The van der Waals surface area contributed by atoms with E-state index in [1.165, 1.54) is 0 Å². The maximum Gasteiger partial charge on any atom is 0.155 e. The molecule has 62 valence electrons. The molecule has 0 aliphatic carbocycles. The molecule has 1 rings (SSSR count). The Morgan fingerprint density at radius 3 is 2.64 bits per heavy atom. The van der Waals surface area contributed by atoms with Crippen LogP contribution in [0.1, 0.15) is 13.3 Å². The molecule has 0 aromatic carbocycles. The summed E-state index contributed by atoms with van der Waals surface area (Å²) in [5.41, 5.74) is 0. The summed E-state index contributed by atoms with van der Waals surface area (Å²) in [5.74, 6) is 2.48. The van der Waals surface area contributed by atoms with Crippen LogP contribution in [-0.4, -0.2) is 30.2 Å². The number of hydrogen-bond donors (Lipinski definition) is 1. The molecular formula is C8H12O3. The Morgan fingerprint density at radius 2 is 2.09 bits per heavy atom. The van der Waals surface area contributed by atoms with Crippen LogP contribution in [-0.2, 0) is 9.47 Å². The fraction of sp³-hybridized carbons (Fsp3) is 0.750. The van der Waals surface area contributed by atoms with Gasteiger partial charge in [0.25, 0.3) is 0 Å². The molecule has 3 nitrogen and oxygen atoms in total. The molecule has 0 aromatic heterocycles. The Labute approximate surface area is 66.3 Å². The standard InChI is InChI=1S/C8H12O3/c1-3-4-7-8(5-9)11-6(2)10-7/h1,6-9H,4-5H2,2H3. The van der Waals surface area contributed by atoms with Gasteiger partial charge in [0.1, 0.15) is 12.2 Å². The highest BCUT2D eigenvalue weighted by molar-refractivity contribution is 4.91. The predicted octanol–water partition coefficient (Wildman–Crippen LogP) is 0.132. The average molecular weight is 156 g/mol. The third kappa shape index (κ3) is 1.93. The minimum atomic E-state index is -0.249. The lowest BCUT2D eigenvalue weighted by molar-refractivity contribution is -0.0557. The third-order valence-corrected chi connectivity index (χ3v) is 1.65. The lowest BCUT2D eigenvalue weighted by atomic mass is 10.1. The van der Waals surface area contributed by atoms with E-state index in [1.54, 1.807) is 6.92 Å². The molecule has 11 heavy (non-hydrogen) atoms. The third-order valence-electron chi connectivity index (χ3n) is 1.65. The second-order valence-corrected chi connectivity index (χ2v) is 2.51. The second kappa shape index (κ2) is 3.72. The summed E-state index contributed by atoms with van der Waals surface area (Å²) >= 11 is 0. The van der Waals surface area contributed by atoms with Crippen LogP contribution in [0.3, 0.4) is 0 Å². The van der Waals surface area contributed by atoms with Crippen molar-refractivity contribution in [3.8, 4) is 12.3 Å². The summed E-state index contributed by atoms with van der Waals surface area (Å²) in [6.45, 7) is 1.76. The number of aliphatic hydroxyl groups is 1. The minimum Gasteiger partial charge on any atom is -0.394 e. The molecule has 1 fully saturated rings. The molecule has 1 saturated heterocycles. The van der Waals surface area contributed by atoms with Crippen LogP contribution >= 0.6 is 0 Å². The number of terminal acetylenes is 1. The maximum absolute atomic E-state index is 8.81. The molecule has 3 unspecified atom stereocenters. The zero-order chi connectivity index (χ0) is 8.27. The number of rotatable bonds is 2. The van der Waals surface area contributed by atoms with Gasteiger partial charge in [0, 0.05) is 6.42 Å². The first-order chi connectivity index (χ1) is 5.27. The summed E-state index contributed by atoms with van der Waals surface area (Å²) in [7, 11) is 0. The van der Waals surface area contributed by atoms with E-state index in [0.29, 0.717) is 6.42 Å². The summed E-state index contributed by atoms with van der Waals surface area (Å²) in [4.78, 5) is 0. The maximum atomic E-state index is 8.81. The Bertz CT molecular complexity index is 161. The van der Waals surface area contributed by atoms with E-state index in [0.717, 1.165) is 0 Å². The van der Waals surface area contributed by atoms with Crippen LogP contribution in [0.25, 0.3) is 0 Å². The van der Waals surface area contributed by atoms with Gasteiger partial charge in [-0.25, -0.2) is 0 Å². The van der Waals surface area contributed by atoms with E-state index >= 15 is 0 Å². The number of hydrogen-bond acceptors (Lipinski definition) is 3. The topological polar surface area (TPSA) is 38.7 Å². The normalized spacial score (nSPS) is 37.0. The van der Waals surface area contributed by atoms with Crippen molar-refractivity contribution in [2.75, 3.05) is 6.61 Å². The van der Waals surface area contributed by atoms with E-state index in [1.807, 2.05) is 0 Å². The van der Waals surface area contributed by atoms with Crippen molar-refractivity contribution in [1.82, 2.24) is 0 Å². The average Bonchev–Trinajstić information content (AvgIpc) is 2.32. The van der Waals surface area contributed by atoms with Crippen LogP contribution in [0.5, 0.6) is 0 Å². The highest BCUT2D eigenvalue weighted by atomic mass is 16.7. The summed E-state index contributed by atoms with van der Waals surface area (Å²) in [6, 6.07) is 0. The Kier molecular flexibility index (Phi) is 2.89. The van der Waals surface area contributed by atoms with E-state index in [4.69, 9.17) is 21.0 Å². The van der Waals surface area contributed by atoms with Crippen LogP contribution in [0.4, 0.5) is 0 Å². The van der Waals surface area contributed by atoms with Crippen molar-refractivity contribution >= 4 is 0 Å². The lowest BCUT2D eigenvalue weighted by Crippen LogP contribution is -2.25. The van der Waals surface area contributed by atoms with Gasteiger partial charge in [0.2, 0.25) is 0 Å². The fourth-order valence-corrected chi connectivity index (χ4v) is 1.16. The van der Waals surface area contributed by atoms with Crippen molar-refractivity contribution in [3.05, 3.63) is 0 Å². The first-order valence-electron chi connectivity index (χ1n) is 3.63. The van der Waals surface area contributed by atoms with Crippen molar-refractivity contribution in [2.24, 2.45) is 0 Å². The molecule has 1 aliphatic heterocycles. The van der Waals surface area contributed by atoms with Gasteiger partial charge in [0.05, 0.1) is 6.61 Å². The zero-order valence-electron chi connectivity index (χ0n) is 6.49. The smallest absolute Gasteiger partial charge is 0.155 e. The minimum absolute atomic E-state index is 0.0311. The first-order valence-corrected chi connectivity index (χ1v) is 3.63. The molecule has 0 amide bonds. The Morgan fingerprint density at radius 1 is 1.45 bits per heavy atom. The monoisotopic (exact) mass is 156 g/mol. The van der Waals surface area contributed by atoms with Crippen molar-refractivity contribution in [3.63, 3.8) is 0 Å². The van der Waals surface area contributed by atoms with Crippen LogP contribution in [0, 0.1) is 12.3 Å².